The first-order valence-electron chi connectivity index (χ1n) is 9.90. The van der Waals surface area contributed by atoms with Crippen LogP contribution in [0.3, 0.4) is 0 Å². The molecule has 158 valence electrons. The zero-order valence-corrected chi connectivity index (χ0v) is 17.7. The predicted molar refractivity (Wildman–Crippen MR) is 111 cm³/mol. The van der Waals surface area contributed by atoms with Crippen molar-refractivity contribution in [1.29, 1.82) is 0 Å². The zero-order valence-electron chi connectivity index (χ0n) is 16.9. The molecule has 1 aromatic heterocycles. The zero-order chi connectivity index (χ0) is 20.9. The van der Waals surface area contributed by atoms with Gasteiger partial charge in [-0.05, 0) is 43.5 Å². The van der Waals surface area contributed by atoms with E-state index in [0.29, 0.717) is 37.4 Å². The van der Waals surface area contributed by atoms with Crippen molar-refractivity contribution in [2.24, 2.45) is 7.05 Å². The van der Waals surface area contributed by atoms with E-state index >= 15 is 0 Å². The lowest BCUT2D eigenvalue weighted by Crippen LogP contribution is -2.50. The largest absolute Gasteiger partial charge is 0.486 e. The molecule has 0 aliphatic carbocycles. The number of benzene rings is 1. The Hall–Kier alpha value is -2.39. The minimum atomic E-state index is -3.41. The van der Waals surface area contributed by atoms with Gasteiger partial charge in [0, 0.05) is 31.7 Å². The fourth-order valence-corrected chi connectivity index (χ4v) is 5.17. The van der Waals surface area contributed by atoms with E-state index in [1.807, 2.05) is 24.7 Å². The highest BCUT2D eigenvalue weighted by Crippen LogP contribution is 2.23. The van der Waals surface area contributed by atoms with E-state index in [0.717, 1.165) is 18.7 Å². The summed E-state index contributed by atoms with van der Waals surface area (Å²) in [5.74, 6) is 1.26. The third kappa shape index (κ3) is 5.36. The number of rotatable bonds is 8. The van der Waals surface area contributed by atoms with Crippen molar-refractivity contribution in [3.8, 4) is 5.75 Å². The van der Waals surface area contributed by atoms with Crippen molar-refractivity contribution >= 4 is 21.6 Å². The number of sulfonamides is 1. The van der Waals surface area contributed by atoms with Crippen LogP contribution in [0.2, 0.25) is 0 Å². The lowest BCUT2D eigenvalue weighted by molar-refractivity contribution is -0.120. The van der Waals surface area contributed by atoms with Crippen LogP contribution < -0.4 is 10.1 Å². The Morgan fingerprint density at radius 3 is 2.69 bits per heavy atom. The summed E-state index contributed by atoms with van der Waals surface area (Å²) in [7, 11) is -1.51. The van der Waals surface area contributed by atoms with Crippen molar-refractivity contribution in [1.82, 2.24) is 13.9 Å². The Labute approximate surface area is 171 Å². The van der Waals surface area contributed by atoms with Crippen LogP contribution in [0, 0.1) is 0 Å². The van der Waals surface area contributed by atoms with Gasteiger partial charge in [-0.25, -0.2) is 13.4 Å². The minimum Gasteiger partial charge on any atom is -0.486 e. The van der Waals surface area contributed by atoms with Crippen molar-refractivity contribution < 1.29 is 17.9 Å². The van der Waals surface area contributed by atoms with Crippen LogP contribution in [0.1, 0.15) is 38.4 Å². The van der Waals surface area contributed by atoms with E-state index in [4.69, 9.17) is 4.74 Å². The first-order chi connectivity index (χ1) is 13.9. The third-order valence-corrected chi connectivity index (χ3v) is 7.06. The summed E-state index contributed by atoms with van der Waals surface area (Å²) in [6.45, 7) is 2.58. The molecule has 8 nitrogen and oxygen atoms in total. The molecule has 3 rings (SSSR count). The standard InChI is InChI=1S/C20H28N4O4S/c1-3-14-29(26,27)24-12-5-4-6-18(24)20(25)22-16-7-9-17(10-8-16)28-15-19-21-11-13-23(19)2/h7-11,13,18H,3-6,12,14-15H2,1-2H3,(H,22,25). The molecule has 1 amide bonds. The highest BCUT2D eigenvalue weighted by Gasteiger charge is 2.36. The lowest BCUT2D eigenvalue weighted by Gasteiger charge is -2.33. The van der Waals surface area contributed by atoms with Crippen molar-refractivity contribution in [2.75, 3.05) is 17.6 Å². The van der Waals surface area contributed by atoms with Gasteiger partial charge in [-0.2, -0.15) is 4.31 Å². The molecule has 0 saturated carbocycles. The smallest absolute Gasteiger partial charge is 0.242 e. The van der Waals surface area contributed by atoms with Gasteiger partial charge in [-0.3, -0.25) is 4.79 Å². The van der Waals surface area contributed by atoms with Crippen LogP contribution in [0.4, 0.5) is 5.69 Å². The number of hydrogen-bond donors (Lipinski definition) is 1. The van der Waals surface area contributed by atoms with Gasteiger partial charge in [-0.1, -0.05) is 13.3 Å². The van der Waals surface area contributed by atoms with Crippen LogP contribution in [-0.4, -0.2) is 46.5 Å². The molecule has 2 aromatic rings. The molecular formula is C20H28N4O4S. The van der Waals surface area contributed by atoms with Crippen molar-refractivity contribution in [2.45, 2.75) is 45.3 Å². The van der Waals surface area contributed by atoms with Crippen LogP contribution in [0.25, 0.3) is 0 Å². The molecular weight excluding hydrogens is 392 g/mol. The number of amides is 1. The molecule has 1 aliphatic heterocycles. The van der Waals surface area contributed by atoms with Crippen LogP contribution in [-0.2, 0) is 28.5 Å². The second kappa shape index (κ2) is 9.41. The Morgan fingerprint density at radius 2 is 2.03 bits per heavy atom. The number of hydrogen-bond acceptors (Lipinski definition) is 5. The second-order valence-corrected chi connectivity index (χ2v) is 9.24. The Morgan fingerprint density at radius 1 is 1.28 bits per heavy atom. The number of anilines is 1. The summed E-state index contributed by atoms with van der Waals surface area (Å²) in [5, 5.41) is 2.84. The summed E-state index contributed by atoms with van der Waals surface area (Å²) >= 11 is 0. The number of piperidine rings is 1. The van der Waals surface area contributed by atoms with Gasteiger partial charge in [0.15, 0.2) is 0 Å². The van der Waals surface area contributed by atoms with E-state index in [-0.39, 0.29) is 11.7 Å². The summed E-state index contributed by atoms with van der Waals surface area (Å²) in [5.41, 5.74) is 0.609. The number of aromatic nitrogens is 2. The molecule has 1 N–H and O–H groups in total. The number of carbonyl (C=O) groups excluding carboxylic acids is 1. The van der Waals surface area contributed by atoms with E-state index in [2.05, 4.69) is 10.3 Å². The number of carbonyl (C=O) groups is 1. The van der Waals surface area contributed by atoms with E-state index < -0.39 is 16.1 Å². The third-order valence-electron chi connectivity index (χ3n) is 4.99. The molecule has 0 bridgehead atoms. The van der Waals surface area contributed by atoms with Crippen LogP contribution in [0.5, 0.6) is 5.75 Å². The van der Waals surface area contributed by atoms with E-state index in [9.17, 15) is 13.2 Å². The van der Waals surface area contributed by atoms with Crippen molar-refractivity contribution in [3.05, 3.63) is 42.5 Å². The molecule has 2 heterocycles. The molecule has 29 heavy (non-hydrogen) atoms. The molecule has 1 unspecified atom stereocenters. The topological polar surface area (TPSA) is 93.5 Å². The predicted octanol–water partition coefficient (Wildman–Crippen LogP) is 2.53. The van der Waals surface area contributed by atoms with Crippen LogP contribution >= 0.6 is 0 Å². The van der Waals surface area contributed by atoms with Gasteiger partial charge in [0.1, 0.15) is 24.2 Å². The second-order valence-electron chi connectivity index (χ2n) is 7.19. The van der Waals surface area contributed by atoms with Gasteiger partial charge in [0.2, 0.25) is 15.9 Å². The fraction of sp³-hybridized carbons (Fsp3) is 0.500. The Balaban J connectivity index is 1.61. The maximum absolute atomic E-state index is 12.8. The van der Waals surface area contributed by atoms with Crippen molar-refractivity contribution in [3.63, 3.8) is 0 Å². The summed E-state index contributed by atoms with van der Waals surface area (Å²) < 4.78 is 34.0. The van der Waals surface area contributed by atoms with Gasteiger partial charge in [0.25, 0.3) is 0 Å². The molecule has 0 radical (unpaired) electrons. The summed E-state index contributed by atoms with van der Waals surface area (Å²) in [6, 6.07) is 6.38. The monoisotopic (exact) mass is 420 g/mol. The van der Waals surface area contributed by atoms with E-state index in [1.165, 1.54) is 4.31 Å². The quantitative estimate of drug-likeness (QED) is 0.708. The number of imidazole rings is 1. The number of aryl methyl sites for hydroxylation is 1. The highest BCUT2D eigenvalue weighted by molar-refractivity contribution is 7.89. The average Bonchev–Trinajstić information content (AvgIpc) is 3.12. The van der Waals surface area contributed by atoms with Crippen LogP contribution in [0.15, 0.2) is 36.7 Å². The van der Waals surface area contributed by atoms with E-state index in [1.54, 1.807) is 30.5 Å². The summed E-state index contributed by atoms with van der Waals surface area (Å²) in [4.78, 5) is 17.0. The first-order valence-corrected chi connectivity index (χ1v) is 11.5. The maximum Gasteiger partial charge on any atom is 0.242 e. The highest BCUT2D eigenvalue weighted by atomic mass is 32.2. The van der Waals surface area contributed by atoms with Gasteiger partial charge < -0.3 is 14.6 Å². The summed E-state index contributed by atoms with van der Waals surface area (Å²) in [6.07, 6.45) is 6.27. The maximum atomic E-state index is 12.8. The van der Waals surface area contributed by atoms with Gasteiger partial charge >= 0.3 is 0 Å². The molecule has 1 fully saturated rings. The molecule has 1 aromatic carbocycles. The average molecular weight is 421 g/mol. The van der Waals surface area contributed by atoms with Gasteiger partial charge in [-0.15, -0.1) is 0 Å². The number of nitrogens with one attached hydrogen (secondary N) is 1. The molecule has 1 atom stereocenters. The Bertz CT molecular complexity index is 924. The Kier molecular flexibility index (Phi) is 6.92. The lowest BCUT2D eigenvalue weighted by atomic mass is 10.0. The molecule has 9 heteroatoms. The number of ether oxygens (including phenoxy) is 1. The first kappa shape index (κ1) is 21.3. The fourth-order valence-electron chi connectivity index (χ4n) is 3.42. The van der Waals surface area contributed by atoms with Gasteiger partial charge in [0.05, 0.1) is 5.75 Å². The normalized spacial score (nSPS) is 17.8. The number of nitrogens with zero attached hydrogens (tertiary/aromatic N) is 3. The molecule has 0 spiro atoms. The molecule has 1 saturated heterocycles. The minimum absolute atomic E-state index is 0.0683. The molecule has 1 aliphatic rings. The SMILES string of the molecule is CCCS(=O)(=O)N1CCCCC1C(=O)Nc1ccc(OCc2nccn2C)cc1.